The number of ether oxygens (including phenoxy) is 1. The highest BCUT2D eigenvalue weighted by Crippen LogP contribution is 2.05. The zero-order valence-electron chi connectivity index (χ0n) is 5.72. The van der Waals surface area contributed by atoms with E-state index in [2.05, 4.69) is 11.7 Å². The van der Waals surface area contributed by atoms with E-state index in [9.17, 15) is 4.79 Å². The topological polar surface area (TPSA) is 26.3 Å². The first-order valence-corrected chi connectivity index (χ1v) is 4.03. The zero-order chi connectivity index (χ0) is 7.28. The third-order valence-electron chi connectivity index (χ3n) is 0.834. The van der Waals surface area contributed by atoms with Gasteiger partial charge in [-0.15, -0.1) is 0 Å². The molecule has 0 aliphatic heterocycles. The third-order valence-corrected chi connectivity index (χ3v) is 1.60. The lowest BCUT2D eigenvalue weighted by Crippen LogP contribution is -2.16. The quantitative estimate of drug-likeness (QED) is 0.559. The second kappa shape index (κ2) is 4.68. The lowest BCUT2D eigenvalue weighted by molar-refractivity contribution is -0.141. The van der Waals surface area contributed by atoms with E-state index in [4.69, 9.17) is 0 Å². The minimum absolute atomic E-state index is 0.231. The van der Waals surface area contributed by atoms with E-state index >= 15 is 0 Å². The second-order valence-electron chi connectivity index (χ2n) is 1.48. The van der Waals surface area contributed by atoms with Crippen molar-refractivity contribution in [2.24, 2.45) is 0 Å². The predicted molar refractivity (Wildman–Crippen MR) is 39.3 cm³/mol. The largest absolute Gasteiger partial charge is 0.465 e. The summed E-state index contributed by atoms with van der Waals surface area (Å²) in [5.41, 5.74) is 0. The maximum Gasteiger partial charge on any atom is 0.319 e. The molecule has 0 aromatic rings. The van der Waals surface area contributed by atoms with Gasteiger partial charge in [0.2, 0.25) is 0 Å². The molecule has 53 valence electrons. The van der Waals surface area contributed by atoms with Gasteiger partial charge in [-0.1, -0.05) is 0 Å². The molecule has 0 spiro atoms. The fourth-order valence-electron chi connectivity index (χ4n) is 0.331. The van der Waals surface area contributed by atoms with E-state index in [0.717, 1.165) is 0 Å². The monoisotopic (exact) mass is 147 g/mol. The molecule has 0 bridgehead atoms. The van der Waals surface area contributed by atoms with Crippen molar-refractivity contribution in [2.45, 2.75) is 12.2 Å². The lowest BCUT2D eigenvalue weighted by Gasteiger charge is -2.05. The molecular formula is C6H11O2S. The van der Waals surface area contributed by atoms with Crippen LogP contribution in [0.4, 0.5) is 0 Å². The van der Waals surface area contributed by atoms with Gasteiger partial charge in [0.15, 0.2) is 0 Å². The van der Waals surface area contributed by atoms with E-state index in [1.54, 1.807) is 6.92 Å². The standard InChI is InChI=1S/C6H11O2S/c1-4-8-6(7)5(2)9-3/h5H,2,4H2,1,3H3. The summed E-state index contributed by atoms with van der Waals surface area (Å²) in [7, 11) is 0. The first kappa shape index (κ1) is 8.82. The van der Waals surface area contributed by atoms with Gasteiger partial charge in [0.25, 0.3) is 0 Å². The van der Waals surface area contributed by atoms with Crippen LogP contribution in [0.1, 0.15) is 6.92 Å². The van der Waals surface area contributed by atoms with Gasteiger partial charge in [0.05, 0.1) is 6.61 Å². The van der Waals surface area contributed by atoms with Crippen LogP contribution in [0.25, 0.3) is 0 Å². The van der Waals surface area contributed by atoms with Crippen LogP contribution in [0.15, 0.2) is 0 Å². The smallest absolute Gasteiger partial charge is 0.319 e. The second-order valence-corrected chi connectivity index (χ2v) is 2.52. The van der Waals surface area contributed by atoms with Crippen LogP contribution in [-0.4, -0.2) is 24.1 Å². The number of carbonyl (C=O) groups excluding carboxylic acids is 1. The molecule has 0 aromatic carbocycles. The van der Waals surface area contributed by atoms with Crippen molar-refractivity contribution in [3.8, 4) is 0 Å². The van der Waals surface area contributed by atoms with Gasteiger partial charge in [0.1, 0.15) is 5.25 Å². The Hall–Kier alpha value is -0.180. The SMILES string of the molecule is [CH2]C(SC)C(=O)OCC. The normalized spacial score (nSPS) is 12.8. The molecule has 2 nitrogen and oxygen atoms in total. The average molecular weight is 147 g/mol. The Morgan fingerprint density at radius 2 is 2.44 bits per heavy atom. The van der Waals surface area contributed by atoms with Gasteiger partial charge in [0, 0.05) is 0 Å². The molecule has 1 unspecified atom stereocenters. The molecule has 0 aromatic heterocycles. The number of hydrogen-bond donors (Lipinski definition) is 0. The molecule has 0 aliphatic carbocycles. The molecule has 0 aliphatic rings. The van der Waals surface area contributed by atoms with Crippen molar-refractivity contribution >= 4 is 17.7 Å². The summed E-state index contributed by atoms with van der Waals surface area (Å²) in [5, 5.41) is -0.273. The van der Waals surface area contributed by atoms with Crippen LogP contribution >= 0.6 is 11.8 Å². The Bertz CT molecular complexity index is 93.1. The number of esters is 1. The zero-order valence-corrected chi connectivity index (χ0v) is 6.53. The highest BCUT2D eigenvalue weighted by molar-refractivity contribution is 8.00. The van der Waals surface area contributed by atoms with E-state index in [1.807, 2.05) is 6.26 Å². The van der Waals surface area contributed by atoms with E-state index in [-0.39, 0.29) is 11.2 Å². The maximum atomic E-state index is 10.7. The molecular weight excluding hydrogens is 136 g/mol. The van der Waals surface area contributed by atoms with Crippen molar-refractivity contribution < 1.29 is 9.53 Å². The maximum absolute atomic E-state index is 10.7. The van der Waals surface area contributed by atoms with Gasteiger partial charge in [-0.2, -0.15) is 11.8 Å². The Morgan fingerprint density at radius 3 is 2.78 bits per heavy atom. The number of rotatable bonds is 3. The molecule has 1 radical (unpaired) electrons. The molecule has 1 atom stereocenters. The van der Waals surface area contributed by atoms with Crippen LogP contribution in [0.2, 0.25) is 0 Å². The van der Waals surface area contributed by atoms with E-state index in [0.29, 0.717) is 6.61 Å². The molecule has 0 saturated heterocycles. The highest BCUT2D eigenvalue weighted by Gasteiger charge is 2.10. The Morgan fingerprint density at radius 1 is 1.89 bits per heavy atom. The fourth-order valence-corrected chi connectivity index (χ4v) is 0.592. The predicted octanol–water partition coefficient (Wildman–Crippen LogP) is 1.12. The first-order valence-electron chi connectivity index (χ1n) is 2.74. The van der Waals surface area contributed by atoms with E-state index in [1.165, 1.54) is 11.8 Å². The summed E-state index contributed by atoms with van der Waals surface area (Å²) in [6, 6.07) is 0. The van der Waals surface area contributed by atoms with Crippen molar-refractivity contribution in [2.75, 3.05) is 12.9 Å². The van der Waals surface area contributed by atoms with Crippen LogP contribution < -0.4 is 0 Å². The number of thioether (sulfide) groups is 1. The summed E-state index contributed by atoms with van der Waals surface area (Å²) < 4.78 is 4.67. The van der Waals surface area contributed by atoms with Gasteiger partial charge in [-0.3, -0.25) is 4.79 Å². The van der Waals surface area contributed by atoms with Crippen molar-refractivity contribution in [1.29, 1.82) is 0 Å². The first-order chi connectivity index (χ1) is 4.22. The van der Waals surface area contributed by atoms with Crippen molar-refractivity contribution in [1.82, 2.24) is 0 Å². The molecule has 0 amide bonds. The van der Waals surface area contributed by atoms with Crippen LogP contribution in [0, 0.1) is 6.92 Å². The van der Waals surface area contributed by atoms with Crippen LogP contribution in [0.3, 0.4) is 0 Å². The van der Waals surface area contributed by atoms with Gasteiger partial charge in [-0.25, -0.2) is 0 Å². The highest BCUT2D eigenvalue weighted by atomic mass is 32.2. The Kier molecular flexibility index (Phi) is 4.58. The summed E-state index contributed by atoms with van der Waals surface area (Å²) in [6.07, 6.45) is 1.83. The fraction of sp³-hybridized carbons (Fsp3) is 0.667. The van der Waals surface area contributed by atoms with Crippen molar-refractivity contribution in [3.63, 3.8) is 0 Å². The van der Waals surface area contributed by atoms with Gasteiger partial charge < -0.3 is 4.74 Å². The summed E-state index contributed by atoms with van der Waals surface area (Å²) in [4.78, 5) is 10.7. The molecule has 0 saturated carbocycles. The molecule has 3 heteroatoms. The Balaban J connectivity index is 3.46. The molecule has 0 N–H and O–H groups in total. The molecule has 0 rings (SSSR count). The van der Waals surface area contributed by atoms with Gasteiger partial charge >= 0.3 is 5.97 Å². The Labute approximate surface area is 60.0 Å². The van der Waals surface area contributed by atoms with Gasteiger partial charge in [-0.05, 0) is 20.1 Å². The minimum atomic E-state index is -0.273. The van der Waals surface area contributed by atoms with Crippen LogP contribution in [0.5, 0.6) is 0 Å². The molecule has 0 heterocycles. The van der Waals surface area contributed by atoms with Crippen LogP contribution in [-0.2, 0) is 9.53 Å². The lowest BCUT2D eigenvalue weighted by atomic mass is 10.5. The number of hydrogen-bond acceptors (Lipinski definition) is 3. The minimum Gasteiger partial charge on any atom is -0.465 e. The summed E-state index contributed by atoms with van der Waals surface area (Å²) in [6.45, 7) is 5.78. The summed E-state index contributed by atoms with van der Waals surface area (Å²) in [5.74, 6) is -0.231. The summed E-state index contributed by atoms with van der Waals surface area (Å²) >= 11 is 1.39. The average Bonchev–Trinajstić information content (AvgIpc) is 1.87. The molecule has 9 heavy (non-hydrogen) atoms. The molecule has 0 fully saturated rings. The van der Waals surface area contributed by atoms with E-state index < -0.39 is 0 Å². The number of carbonyl (C=O) groups is 1. The van der Waals surface area contributed by atoms with Crippen molar-refractivity contribution in [3.05, 3.63) is 6.92 Å². The third kappa shape index (κ3) is 3.40.